The molecule has 1 fully saturated rings. The van der Waals surface area contributed by atoms with Gasteiger partial charge < -0.3 is 14.8 Å². The molecule has 9 heteroatoms. The molecule has 2 aliphatic rings. The first-order chi connectivity index (χ1) is 15.9. The Kier molecular flexibility index (Phi) is 6.33. The molecule has 3 unspecified atom stereocenters. The van der Waals surface area contributed by atoms with E-state index >= 15 is 0 Å². The number of hydrogen-bond acceptors (Lipinski definition) is 8. The predicted octanol–water partition coefficient (Wildman–Crippen LogP) is 4.41. The summed E-state index contributed by atoms with van der Waals surface area (Å²) in [6, 6.07) is 10.1. The highest BCUT2D eigenvalue weighted by Gasteiger charge is 2.48. The minimum Gasteiger partial charge on any atom is -0.466 e. The van der Waals surface area contributed by atoms with Crippen molar-refractivity contribution < 1.29 is 24.0 Å². The molecule has 0 amide bonds. The number of thiophene rings is 1. The number of benzene rings is 1. The fourth-order valence-corrected chi connectivity index (χ4v) is 5.35. The van der Waals surface area contributed by atoms with Crippen molar-refractivity contribution in [3.05, 3.63) is 84.9 Å². The molecule has 8 nitrogen and oxygen atoms in total. The van der Waals surface area contributed by atoms with Crippen molar-refractivity contribution in [2.24, 2.45) is 5.92 Å². The van der Waals surface area contributed by atoms with Gasteiger partial charge in [-0.2, -0.15) is 0 Å². The van der Waals surface area contributed by atoms with Gasteiger partial charge in [-0.25, -0.2) is 9.59 Å². The van der Waals surface area contributed by atoms with Gasteiger partial charge >= 0.3 is 11.9 Å². The SMILES string of the molecule is CCOC(=O)C1=C(C2CC2c2cccs2)NC(C)=C(C(=O)OC)C1c1cccc([N+](=O)[O-])c1. The third kappa shape index (κ3) is 4.28. The van der Waals surface area contributed by atoms with Gasteiger partial charge in [0.25, 0.3) is 5.69 Å². The minimum atomic E-state index is -0.850. The van der Waals surface area contributed by atoms with E-state index in [0.29, 0.717) is 22.5 Å². The molecule has 172 valence electrons. The van der Waals surface area contributed by atoms with Crippen molar-refractivity contribution in [1.82, 2.24) is 5.32 Å². The summed E-state index contributed by atoms with van der Waals surface area (Å²) in [5.74, 6) is -1.70. The summed E-state index contributed by atoms with van der Waals surface area (Å²) in [6.45, 7) is 3.62. The number of carbonyl (C=O) groups excluding carboxylic acids is 2. The fraction of sp³-hybridized carbons (Fsp3) is 0.333. The number of nitrogens with one attached hydrogen (secondary N) is 1. The molecule has 2 aromatic rings. The van der Waals surface area contributed by atoms with Crippen LogP contribution in [-0.4, -0.2) is 30.6 Å². The van der Waals surface area contributed by atoms with E-state index in [1.54, 1.807) is 37.3 Å². The molecule has 2 heterocycles. The Balaban J connectivity index is 1.89. The maximum absolute atomic E-state index is 13.3. The molecular formula is C24H24N2O6S. The van der Waals surface area contributed by atoms with Crippen molar-refractivity contribution >= 4 is 29.0 Å². The Labute approximate surface area is 195 Å². The van der Waals surface area contributed by atoms with Crippen LogP contribution < -0.4 is 5.32 Å². The zero-order chi connectivity index (χ0) is 23.7. The first-order valence-electron chi connectivity index (χ1n) is 10.6. The Morgan fingerprint density at radius 3 is 2.61 bits per heavy atom. The Morgan fingerprint density at radius 1 is 1.18 bits per heavy atom. The highest BCUT2D eigenvalue weighted by molar-refractivity contribution is 7.10. The van der Waals surface area contributed by atoms with E-state index in [1.165, 1.54) is 24.1 Å². The van der Waals surface area contributed by atoms with E-state index in [2.05, 4.69) is 11.4 Å². The van der Waals surface area contributed by atoms with Crippen molar-refractivity contribution in [2.75, 3.05) is 13.7 Å². The van der Waals surface area contributed by atoms with Gasteiger partial charge in [0.2, 0.25) is 0 Å². The molecule has 1 aliphatic heterocycles. The lowest BCUT2D eigenvalue weighted by Gasteiger charge is -2.31. The highest BCUT2D eigenvalue weighted by atomic mass is 32.1. The summed E-state index contributed by atoms with van der Waals surface area (Å²) in [5.41, 5.74) is 2.12. The Bertz CT molecular complexity index is 1170. The van der Waals surface area contributed by atoms with Crippen LogP contribution >= 0.6 is 11.3 Å². The van der Waals surface area contributed by atoms with Gasteiger partial charge in [0.15, 0.2) is 0 Å². The zero-order valence-electron chi connectivity index (χ0n) is 18.5. The maximum atomic E-state index is 13.3. The van der Waals surface area contributed by atoms with Crippen LogP contribution in [0.4, 0.5) is 5.69 Å². The zero-order valence-corrected chi connectivity index (χ0v) is 19.3. The van der Waals surface area contributed by atoms with Crippen molar-refractivity contribution in [2.45, 2.75) is 32.1 Å². The third-order valence-corrected chi connectivity index (χ3v) is 6.98. The first-order valence-corrected chi connectivity index (χ1v) is 11.5. The second-order valence-corrected chi connectivity index (χ2v) is 8.93. The predicted molar refractivity (Wildman–Crippen MR) is 123 cm³/mol. The van der Waals surface area contributed by atoms with Crippen LogP contribution in [0.25, 0.3) is 0 Å². The van der Waals surface area contributed by atoms with Crippen LogP contribution in [0.2, 0.25) is 0 Å². The number of ether oxygens (including phenoxy) is 2. The number of rotatable bonds is 7. The molecule has 1 N–H and O–H groups in total. The summed E-state index contributed by atoms with van der Waals surface area (Å²) in [7, 11) is 1.27. The molecule has 3 atom stereocenters. The number of non-ortho nitro benzene ring substituents is 1. The van der Waals surface area contributed by atoms with Crippen LogP contribution in [0.15, 0.2) is 64.3 Å². The number of esters is 2. The van der Waals surface area contributed by atoms with Gasteiger partial charge in [-0.3, -0.25) is 10.1 Å². The van der Waals surface area contributed by atoms with Crippen LogP contribution in [0.5, 0.6) is 0 Å². The molecule has 0 spiro atoms. The van der Waals surface area contributed by atoms with E-state index in [1.807, 2.05) is 11.4 Å². The average Bonchev–Trinajstić information content (AvgIpc) is 3.41. The summed E-state index contributed by atoms with van der Waals surface area (Å²) in [4.78, 5) is 38.3. The van der Waals surface area contributed by atoms with E-state index in [4.69, 9.17) is 9.47 Å². The quantitative estimate of drug-likeness (QED) is 0.364. The molecule has 0 saturated heterocycles. The molecule has 33 heavy (non-hydrogen) atoms. The summed E-state index contributed by atoms with van der Waals surface area (Å²) in [6.07, 6.45) is 0.855. The smallest absolute Gasteiger partial charge is 0.336 e. The van der Waals surface area contributed by atoms with Gasteiger partial charge in [-0.1, -0.05) is 18.2 Å². The van der Waals surface area contributed by atoms with Crippen LogP contribution in [-0.2, 0) is 19.1 Å². The largest absolute Gasteiger partial charge is 0.466 e. The van der Waals surface area contributed by atoms with Crippen molar-refractivity contribution in [3.63, 3.8) is 0 Å². The number of methoxy groups -OCH3 is 1. The molecule has 4 rings (SSSR count). The van der Waals surface area contributed by atoms with Crippen LogP contribution in [0.3, 0.4) is 0 Å². The number of carbonyl (C=O) groups is 2. The second-order valence-electron chi connectivity index (χ2n) is 7.95. The van der Waals surface area contributed by atoms with Gasteiger partial charge in [-0.15, -0.1) is 11.3 Å². The Morgan fingerprint density at radius 2 is 1.97 bits per heavy atom. The number of nitro benzene ring substituents is 1. The Hall–Kier alpha value is -3.46. The van der Waals surface area contributed by atoms with Crippen molar-refractivity contribution in [3.8, 4) is 0 Å². The summed E-state index contributed by atoms with van der Waals surface area (Å²) in [5, 5.41) is 16.7. The standard InChI is InChI=1S/C24H24N2O6S/c1-4-32-24(28)21-20(14-7-5-8-15(11-14)26(29)30)19(23(27)31-3)13(2)25-22(21)17-12-16(17)18-9-6-10-33-18/h5-11,16-17,20,25H,4,12H2,1-3H3. The van der Waals surface area contributed by atoms with E-state index in [0.717, 1.165) is 6.42 Å². The fourth-order valence-electron chi connectivity index (χ4n) is 4.44. The monoisotopic (exact) mass is 468 g/mol. The molecule has 1 aromatic carbocycles. The maximum Gasteiger partial charge on any atom is 0.336 e. The number of hydrogen-bond donors (Lipinski definition) is 1. The molecule has 1 aliphatic carbocycles. The number of allylic oxidation sites excluding steroid dienone is 2. The average molecular weight is 469 g/mol. The highest BCUT2D eigenvalue weighted by Crippen LogP contribution is 2.55. The van der Waals surface area contributed by atoms with Crippen LogP contribution in [0.1, 0.15) is 42.5 Å². The van der Waals surface area contributed by atoms with E-state index in [9.17, 15) is 19.7 Å². The molecular weight excluding hydrogens is 444 g/mol. The van der Waals surface area contributed by atoms with Gasteiger partial charge in [-0.05, 0) is 37.3 Å². The minimum absolute atomic E-state index is 0.0541. The lowest BCUT2D eigenvalue weighted by atomic mass is 9.79. The van der Waals surface area contributed by atoms with E-state index < -0.39 is 22.8 Å². The van der Waals surface area contributed by atoms with Crippen LogP contribution in [0, 0.1) is 16.0 Å². The van der Waals surface area contributed by atoms with E-state index in [-0.39, 0.29) is 29.7 Å². The van der Waals surface area contributed by atoms with Gasteiger partial charge in [0.1, 0.15) is 0 Å². The van der Waals surface area contributed by atoms with Crippen molar-refractivity contribution in [1.29, 1.82) is 0 Å². The number of nitro groups is 1. The summed E-state index contributed by atoms with van der Waals surface area (Å²) < 4.78 is 10.4. The molecule has 1 saturated carbocycles. The summed E-state index contributed by atoms with van der Waals surface area (Å²) >= 11 is 1.67. The third-order valence-electron chi connectivity index (χ3n) is 5.98. The first kappa shape index (κ1) is 22.7. The van der Waals surface area contributed by atoms with Gasteiger partial charge in [0.05, 0.1) is 35.7 Å². The lowest BCUT2D eigenvalue weighted by Crippen LogP contribution is -2.34. The second kappa shape index (κ2) is 9.19. The number of nitrogens with zero attached hydrogens (tertiary/aromatic N) is 1. The molecule has 0 bridgehead atoms. The molecule has 0 radical (unpaired) electrons. The normalized spacial score (nSPS) is 22.0. The van der Waals surface area contributed by atoms with Gasteiger partial charge in [0, 0.05) is 40.2 Å². The lowest BCUT2D eigenvalue weighted by molar-refractivity contribution is -0.384. The topological polar surface area (TPSA) is 108 Å². The molecule has 1 aromatic heterocycles. The number of dihydropyridines is 1.